The van der Waals surface area contributed by atoms with Crippen LogP contribution in [0, 0.1) is 0 Å². The molecule has 2 saturated heterocycles. The first-order chi connectivity index (χ1) is 12.0. The Morgan fingerprint density at radius 3 is 2.80 bits per heavy atom. The zero-order chi connectivity index (χ0) is 18.0. The average molecular weight is 364 g/mol. The Morgan fingerprint density at radius 2 is 2.16 bits per heavy atom. The van der Waals surface area contributed by atoms with E-state index in [9.17, 15) is 19.2 Å². The fourth-order valence-electron chi connectivity index (χ4n) is 3.08. The summed E-state index contributed by atoms with van der Waals surface area (Å²) < 4.78 is 0. The van der Waals surface area contributed by atoms with E-state index in [1.807, 2.05) is 11.4 Å². The molecule has 1 atom stereocenters. The number of thiophene rings is 1. The van der Waals surface area contributed by atoms with E-state index < -0.39 is 6.03 Å². The molecule has 8 nitrogen and oxygen atoms in total. The van der Waals surface area contributed by atoms with Gasteiger partial charge in [-0.1, -0.05) is 6.07 Å². The molecule has 3 heterocycles. The normalized spacial score (nSPS) is 21.0. The molecule has 25 heavy (non-hydrogen) atoms. The molecule has 2 fully saturated rings. The average Bonchev–Trinajstić information content (AvgIpc) is 3.19. The summed E-state index contributed by atoms with van der Waals surface area (Å²) in [6.07, 6.45) is 1.56. The predicted molar refractivity (Wildman–Crippen MR) is 91.1 cm³/mol. The van der Waals surface area contributed by atoms with E-state index in [1.165, 1.54) is 23.3 Å². The van der Waals surface area contributed by atoms with Crippen molar-refractivity contribution in [2.24, 2.45) is 0 Å². The molecule has 0 bridgehead atoms. The lowest BCUT2D eigenvalue weighted by molar-refractivity contribution is -0.131. The van der Waals surface area contributed by atoms with E-state index in [1.54, 1.807) is 11.0 Å². The summed E-state index contributed by atoms with van der Waals surface area (Å²) in [5.41, 5.74) is 0. The van der Waals surface area contributed by atoms with Crippen molar-refractivity contribution in [1.82, 2.24) is 20.0 Å². The molecule has 0 saturated carbocycles. The van der Waals surface area contributed by atoms with Gasteiger partial charge in [0.2, 0.25) is 5.91 Å². The van der Waals surface area contributed by atoms with E-state index in [0.29, 0.717) is 18.0 Å². The highest BCUT2D eigenvalue weighted by Crippen LogP contribution is 2.17. The third-order valence-electron chi connectivity index (χ3n) is 4.34. The Morgan fingerprint density at radius 1 is 1.36 bits per heavy atom. The maximum atomic E-state index is 12.4. The highest BCUT2D eigenvalue weighted by atomic mass is 32.1. The summed E-state index contributed by atoms with van der Waals surface area (Å²) in [6.45, 7) is 0.817. The van der Waals surface area contributed by atoms with Gasteiger partial charge >= 0.3 is 6.03 Å². The first-order valence-corrected chi connectivity index (χ1v) is 9.01. The molecule has 0 aromatic carbocycles. The lowest BCUT2D eigenvalue weighted by atomic mass is 10.1. The van der Waals surface area contributed by atoms with Crippen LogP contribution in [0.15, 0.2) is 17.5 Å². The number of imide groups is 1. The molecule has 3 rings (SSSR count). The standard InChI is InChI=1S/C16H20N4O4S/c1-18-10-14(22)20(16(18)24)9-13(21)17-11-4-2-6-19(8-11)15(23)12-5-3-7-25-12/h3,5,7,11H,2,4,6,8-10H2,1H3,(H,17,21)/t11-/m0/s1. The summed E-state index contributed by atoms with van der Waals surface area (Å²) >= 11 is 1.40. The largest absolute Gasteiger partial charge is 0.350 e. The molecule has 0 aliphatic carbocycles. The summed E-state index contributed by atoms with van der Waals surface area (Å²) in [7, 11) is 1.52. The first kappa shape index (κ1) is 17.4. The van der Waals surface area contributed by atoms with Gasteiger partial charge in [0, 0.05) is 26.2 Å². The van der Waals surface area contributed by atoms with E-state index in [0.717, 1.165) is 17.7 Å². The van der Waals surface area contributed by atoms with Crippen LogP contribution in [0.4, 0.5) is 4.79 Å². The van der Waals surface area contributed by atoms with E-state index in [-0.39, 0.29) is 36.9 Å². The Bertz CT molecular complexity index is 690. The summed E-state index contributed by atoms with van der Waals surface area (Å²) in [6, 6.07) is 2.99. The van der Waals surface area contributed by atoms with Crippen LogP contribution in [0.3, 0.4) is 0 Å². The van der Waals surface area contributed by atoms with E-state index in [4.69, 9.17) is 0 Å². The van der Waals surface area contributed by atoms with Crippen molar-refractivity contribution in [1.29, 1.82) is 0 Å². The van der Waals surface area contributed by atoms with Crippen molar-refractivity contribution < 1.29 is 19.2 Å². The van der Waals surface area contributed by atoms with Crippen molar-refractivity contribution in [3.8, 4) is 0 Å². The number of likely N-dealkylation sites (tertiary alicyclic amines) is 1. The topological polar surface area (TPSA) is 90.0 Å². The second-order valence-corrected chi connectivity index (χ2v) is 7.20. The zero-order valence-electron chi connectivity index (χ0n) is 13.9. The first-order valence-electron chi connectivity index (χ1n) is 8.13. The number of likely N-dealkylation sites (N-methyl/N-ethyl adjacent to an activating group) is 1. The third kappa shape index (κ3) is 3.81. The van der Waals surface area contributed by atoms with E-state index in [2.05, 4.69) is 5.32 Å². The Balaban J connectivity index is 1.54. The number of nitrogens with one attached hydrogen (secondary N) is 1. The molecule has 9 heteroatoms. The molecule has 1 aromatic rings. The second kappa shape index (κ2) is 7.22. The molecule has 0 radical (unpaired) electrons. The van der Waals surface area contributed by atoms with Crippen LogP contribution in [0.5, 0.6) is 0 Å². The van der Waals surface area contributed by atoms with Crippen molar-refractivity contribution >= 4 is 35.1 Å². The highest BCUT2D eigenvalue weighted by molar-refractivity contribution is 7.12. The van der Waals surface area contributed by atoms with Crippen LogP contribution in [-0.2, 0) is 9.59 Å². The fraction of sp³-hybridized carbons (Fsp3) is 0.500. The minimum Gasteiger partial charge on any atom is -0.350 e. The van der Waals surface area contributed by atoms with Crippen molar-refractivity contribution in [3.05, 3.63) is 22.4 Å². The number of rotatable bonds is 4. The van der Waals surface area contributed by atoms with Crippen molar-refractivity contribution in [2.45, 2.75) is 18.9 Å². The van der Waals surface area contributed by atoms with Gasteiger partial charge < -0.3 is 15.1 Å². The second-order valence-electron chi connectivity index (χ2n) is 6.25. The van der Waals surface area contributed by atoms with Gasteiger partial charge in [-0.15, -0.1) is 11.3 Å². The van der Waals surface area contributed by atoms with Crippen LogP contribution in [-0.4, -0.2) is 77.7 Å². The number of carbonyl (C=O) groups excluding carboxylic acids is 4. The van der Waals surface area contributed by atoms with Gasteiger partial charge in [0.15, 0.2) is 0 Å². The quantitative estimate of drug-likeness (QED) is 0.782. The lowest BCUT2D eigenvalue weighted by Crippen LogP contribution is -2.51. The van der Waals surface area contributed by atoms with Crippen molar-refractivity contribution in [3.63, 3.8) is 0 Å². The molecule has 1 N–H and O–H groups in total. The molecule has 134 valence electrons. The third-order valence-corrected chi connectivity index (χ3v) is 5.20. The molecule has 2 aliphatic rings. The van der Waals surface area contributed by atoms with Crippen LogP contribution >= 0.6 is 11.3 Å². The predicted octanol–water partition coefficient (Wildman–Crippen LogP) is 0.363. The SMILES string of the molecule is CN1CC(=O)N(CC(=O)N[C@H]2CCCN(C(=O)c3cccs3)C2)C1=O. The number of urea groups is 1. The molecular formula is C16H20N4O4S. The van der Waals surface area contributed by atoms with Crippen molar-refractivity contribution in [2.75, 3.05) is 33.2 Å². The molecule has 1 aromatic heterocycles. The summed E-state index contributed by atoms with van der Waals surface area (Å²) in [5, 5.41) is 4.70. The van der Waals surface area contributed by atoms with Crippen LogP contribution < -0.4 is 5.32 Å². The van der Waals surface area contributed by atoms with Crippen LogP contribution in [0.25, 0.3) is 0 Å². The summed E-state index contributed by atoms with van der Waals surface area (Å²) in [5.74, 6) is -0.784. The monoisotopic (exact) mass is 364 g/mol. The van der Waals surface area contributed by atoms with Gasteiger partial charge in [-0.3, -0.25) is 19.3 Å². The lowest BCUT2D eigenvalue weighted by Gasteiger charge is -2.33. The van der Waals surface area contributed by atoms with Gasteiger partial charge in [0.1, 0.15) is 13.1 Å². The Kier molecular flexibility index (Phi) is 5.03. The van der Waals surface area contributed by atoms with Gasteiger partial charge in [-0.25, -0.2) is 4.79 Å². The number of hydrogen-bond donors (Lipinski definition) is 1. The number of hydrogen-bond acceptors (Lipinski definition) is 5. The maximum Gasteiger partial charge on any atom is 0.327 e. The molecule has 0 unspecified atom stereocenters. The molecule has 2 aliphatic heterocycles. The molecular weight excluding hydrogens is 344 g/mol. The van der Waals surface area contributed by atoms with Crippen LogP contribution in [0.1, 0.15) is 22.5 Å². The minimum absolute atomic E-state index is 0.00135. The maximum absolute atomic E-state index is 12.4. The minimum atomic E-state index is -0.460. The van der Waals surface area contributed by atoms with Gasteiger partial charge in [-0.2, -0.15) is 0 Å². The molecule has 5 amide bonds. The number of piperidine rings is 1. The highest BCUT2D eigenvalue weighted by Gasteiger charge is 2.35. The Hall–Kier alpha value is -2.42. The number of amides is 5. The van der Waals surface area contributed by atoms with E-state index >= 15 is 0 Å². The fourth-order valence-corrected chi connectivity index (χ4v) is 3.77. The van der Waals surface area contributed by atoms with Crippen LogP contribution in [0.2, 0.25) is 0 Å². The smallest absolute Gasteiger partial charge is 0.327 e. The Labute approximate surface area is 149 Å². The van der Waals surface area contributed by atoms with Gasteiger partial charge in [-0.05, 0) is 24.3 Å². The summed E-state index contributed by atoms with van der Waals surface area (Å²) in [4.78, 5) is 52.8. The zero-order valence-corrected chi connectivity index (χ0v) is 14.8. The number of carbonyl (C=O) groups is 4. The van der Waals surface area contributed by atoms with Gasteiger partial charge in [0.25, 0.3) is 11.8 Å². The number of nitrogens with zero attached hydrogens (tertiary/aromatic N) is 3. The molecule has 0 spiro atoms. The van der Waals surface area contributed by atoms with Gasteiger partial charge in [0.05, 0.1) is 4.88 Å².